The van der Waals surface area contributed by atoms with Crippen molar-refractivity contribution >= 4 is 12.0 Å². The highest BCUT2D eigenvalue weighted by Crippen LogP contribution is 2.03. The molecule has 0 spiro atoms. The number of carbonyl (C=O) groups is 1. The number of hydrogen-bond donors (Lipinski definition) is 2. The van der Waals surface area contributed by atoms with Crippen LogP contribution in [0, 0.1) is 0 Å². The largest absolute Gasteiger partial charge is 0.480 e. The van der Waals surface area contributed by atoms with Crippen LogP contribution in [0.2, 0.25) is 0 Å². The SMILES string of the molecule is NCCCC[C@@H](N=C=O)C(=O)O. The quantitative estimate of drug-likeness (QED) is 0.332. The molecule has 12 heavy (non-hydrogen) atoms. The summed E-state index contributed by atoms with van der Waals surface area (Å²) in [5, 5.41) is 8.50. The summed E-state index contributed by atoms with van der Waals surface area (Å²) in [4.78, 5) is 23.3. The maximum absolute atomic E-state index is 10.4. The van der Waals surface area contributed by atoms with Crippen molar-refractivity contribution in [3.8, 4) is 0 Å². The summed E-state index contributed by atoms with van der Waals surface area (Å²) >= 11 is 0. The fourth-order valence-electron chi connectivity index (χ4n) is 0.789. The van der Waals surface area contributed by atoms with E-state index < -0.39 is 12.0 Å². The van der Waals surface area contributed by atoms with Crippen LogP contribution in [0.25, 0.3) is 0 Å². The van der Waals surface area contributed by atoms with E-state index in [1.54, 1.807) is 0 Å². The van der Waals surface area contributed by atoms with Crippen LogP contribution in [0.1, 0.15) is 19.3 Å². The van der Waals surface area contributed by atoms with Crippen LogP contribution in [0.15, 0.2) is 4.99 Å². The van der Waals surface area contributed by atoms with Gasteiger partial charge in [0.25, 0.3) is 0 Å². The third-order valence-corrected chi connectivity index (χ3v) is 1.43. The molecule has 0 heterocycles. The van der Waals surface area contributed by atoms with E-state index in [9.17, 15) is 9.59 Å². The highest BCUT2D eigenvalue weighted by Gasteiger charge is 2.14. The summed E-state index contributed by atoms with van der Waals surface area (Å²) in [6.07, 6.45) is 3.00. The molecule has 0 amide bonds. The van der Waals surface area contributed by atoms with E-state index in [-0.39, 0.29) is 0 Å². The van der Waals surface area contributed by atoms with E-state index >= 15 is 0 Å². The first-order valence-electron chi connectivity index (χ1n) is 3.72. The Labute approximate surface area is 70.3 Å². The van der Waals surface area contributed by atoms with Gasteiger partial charge in [-0.05, 0) is 25.8 Å². The second-order valence-electron chi connectivity index (χ2n) is 2.36. The van der Waals surface area contributed by atoms with Crippen LogP contribution >= 0.6 is 0 Å². The normalized spacial score (nSPS) is 11.8. The molecule has 0 bridgehead atoms. The average molecular weight is 172 g/mol. The van der Waals surface area contributed by atoms with Gasteiger partial charge >= 0.3 is 5.97 Å². The van der Waals surface area contributed by atoms with Crippen molar-refractivity contribution in [3.05, 3.63) is 0 Å². The number of isocyanates is 1. The number of unbranched alkanes of at least 4 members (excludes halogenated alkanes) is 1. The monoisotopic (exact) mass is 172 g/mol. The molecule has 0 saturated carbocycles. The first-order valence-corrected chi connectivity index (χ1v) is 3.72. The van der Waals surface area contributed by atoms with Gasteiger partial charge in [0.15, 0.2) is 6.04 Å². The van der Waals surface area contributed by atoms with Crippen molar-refractivity contribution in [1.29, 1.82) is 0 Å². The predicted molar refractivity (Wildman–Crippen MR) is 42.5 cm³/mol. The Morgan fingerprint density at radius 1 is 1.58 bits per heavy atom. The molecule has 0 rings (SSSR count). The van der Waals surface area contributed by atoms with Crippen molar-refractivity contribution in [2.45, 2.75) is 25.3 Å². The molecule has 0 aliphatic rings. The minimum Gasteiger partial charge on any atom is -0.480 e. The average Bonchev–Trinajstić information content (AvgIpc) is 2.03. The van der Waals surface area contributed by atoms with E-state index in [0.29, 0.717) is 19.4 Å². The van der Waals surface area contributed by atoms with E-state index in [1.165, 1.54) is 6.08 Å². The maximum atomic E-state index is 10.4. The molecule has 1 atom stereocenters. The van der Waals surface area contributed by atoms with Crippen molar-refractivity contribution in [1.82, 2.24) is 0 Å². The topological polar surface area (TPSA) is 92.8 Å². The smallest absolute Gasteiger partial charge is 0.329 e. The van der Waals surface area contributed by atoms with Crippen molar-refractivity contribution in [2.75, 3.05) is 6.54 Å². The molecular formula is C7H12N2O3. The van der Waals surface area contributed by atoms with E-state index in [1.807, 2.05) is 0 Å². The highest BCUT2D eigenvalue weighted by molar-refractivity contribution is 5.74. The van der Waals surface area contributed by atoms with E-state index in [0.717, 1.165) is 6.42 Å². The number of aliphatic carboxylic acids is 1. The number of nitrogens with zero attached hydrogens (tertiary/aromatic N) is 1. The van der Waals surface area contributed by atoms with Gasteiger partial charge in [-0.15, -0.1) is 0 Å². The Bertz CT molecular complexity index is 185. The Morgan fingerprint density at radius 2 is 2.25 bits per heavy atom. The summed E-state index contributed by atoms with van der Waals surface area (Å²) in [6, 6.07) is -0.950. The molecule has 0 aliphatic carbocycles. The zero-order valence-electron chi connectivity index (χ0n) is 6.69. The van der Waals surface area contributed by atoms with Crippen LogP contribution < -0.4 is 5.73 Å². The van der Waals surface area contributed by atoms with Gasteiger partial charge in [0.2, 0.25) is 6.08 Å². The lowest BCUT2D eigenvalue weighted by Gasteiger charge is -2.02. The molecule has 0 unspecified atom stereocenters. The molecule has 0 aliphatic heterocycles. The molecule has 0 aromatic rings. The van der Waals surface area contributed by atoms with Crippen LogP contribution in [-0.2, 0) is 9.59 Å². The van der Waals surface area contributed by atoms with E-state index in [2.05, 4.69) is 4.99 Å². The lowest BCUT2D eigenvalue weighted by molar-refractivity contribution is -0.138. The number of aliphatic imine (C=N–C) groups is 1. The number of carboxylic acids is 1. The minimum atomic E-state index is -1.09. The molecular weight excluding hydrogens is 160 g/mol. The summed E-state index contributed by atoms with van der Waals surface area (Å²) in [5.74, 6) is -1.09. The lowest BCUT2D eigenvalue weighted by Crippen LogP contribution is -2.17. The molecule has 0 aromatic carbocycles. The van der Waals surface area contributed by atoms with Crippen molar-refractivity contribution in [2.24, 2.45) is 10.7 Å². The van der Waals surface area contributed by atoms with Gasteiger partial charge in [0.05, 0.1) is 0 Å². The molecule has 5 heteroatoms. The zero-order valence-corrected chi connectivity index (χ0v) is 6.69. The van der Waals surface area contributed by atoms with Crippen molar-refractivity contribution < 1.29 is 14.7 Å². The Balaban J connectivity index is 3.79. The first kappa shape index (κ1) is 10.8. The number of carbonyl (C=O) groups excluding carboxylic acids is 1. The fraction of sp³-hybridized carbons (Fsp3) is 0.714. The van der Waals surface area contributed by atoms with E-state index in [4.69, 9.17) is 10.8 Å². The van der Waals surface area contributed by atoms with Gasteiger partial charge < -0.3 is 10.8 Å². The number of hydrogen-bond acceptors (Lipinski definition) is 4. The zero-order chi connectivity index (χ0) is 9.40. The fourth-order valence-corrected chi connectivity index (χ4v) is 0.789. The van der Waals surface area contributed by atoms with Gasteiger partial charge in [0.1, 0.15) is 0 Å². The minimum absolute atomic E-state index is 0.349. The van der Waals surface area contributed by atoms with Crippen LogP contribution in [0.5, 0.6) is 0 Å². The summed E-state index contributed by atoms with van der Waals surface area (Å²) in [6.45, 7) is 0.525. The summed E-state index contributed by atoms with van der Waals surface area (Å²) < 4.78 is 0. The second kappa shape index (κ2) is 6.52. The van der Waals surface area contributed by atoms with Gasteiger partial charge in [-0.3, -0.25) is 0 Å². The number of nitrogens with two attached hydrogens (primary N) is 1. The molecule has 68 valence electrons. The Kier molecular flexibility index (Phi) is 5.87. The number of rotatable bonds is 6. The number of carboxylic acid groups (broad SMARTS) is 1. The van der Waals surface area contributed by atoms with Crippen LogP contribution in [0.4, 0.5) is 0 Å². The third kappa shape index (κ3) is 4.60. The molecule has 0 fully saturated rings. The maximum Gasteiger partial charge on any atom is 0.329 e. The molecule has 5 nitrogen and oxygen atoms in total. The predicted octanol–water partition coefficient (Wildman–Crippen LogP) is -0.0956. The molecule has 3 N–H and O–H groups in total. The molecule has 0 saturated heterocycles. The second-order valence-corrected chi connectivity index (χ2v) is 2.36. The van der Waals surface area contributed by atoms with Gasteiger partial charge in [-0.1, -0.05) is 0 Å². The molecule has 0 aromatic heterocycles. The van der Waals surface area contributed by atoms with Crippen molar-refractivity contribution in [3.63, 3.8) is 0 Å². The van der Waals surface area contributed by atoms with Gasteiger partial charge in [-0.2, -0.15) is 4.99 Å². The Hall–Kier alpha value is -1.19. The standard InChI is InChI=1S/C7H12N2O3/c8-4-2-1-3-6(7(11)12)9-5-10/h6H,1-4,8H2,(H,11,12)/t6-/m1/s1. The van der Waals surface area contributed by atoms with Gasteiger partial charge in [0, 0.05) is 0 Å². The Morgan fingerprint density at radius 3 is 2.67 bits per heavy atom. The molecule has 0 radical (unpaired) electrons. The third-order valence-electron chi connectivity index (χ3n) is 1.43. The lowest BCUT2D eigenvalue weighted by atomic mass is 10.1. The summed E-state index contributed by atoms with van der Waals surface area (Å²) in [7, 11) is 0. The summed E-state index contributed by atoms with van der Waals surface area (Å²) in [5.41, 5.74) is 5.21. The highest BCUT2D eigenvalue weighted by atomic mass is 16.4. The van der Waals surface area contributed by atoms with Gasteiger partial charge in [-0.25, -0.2) is 9.59 Å². The van der Waals surface area contributed by atoms with Crippen LogP contribution in [0.3, 0.4) is 0 Å². The first-order chi connectivity index (χ1) is 5.72. The van der Waals surface area contributed by atoms with Crippen LogP contribution in [-0.4, -0.2) is 29.7 Å².